The van der Waals surface area contributed by atoms with Crippen LogP contribution in [-0.4, -0.2) is 74.2 Å². The fourth-order valence-corrected chi connectivity index (χ4v) is 5.00. The van der Waals surface area contributed by atoms with E-state index in [0.29, 0.717) is 19.6 Å². The molecule has 2 rings (SSSR count). The van der Waals surface area contributed by atoms with E-state index in [1.54, 1.807) is 23.1 Å². The zero-order valence-corrected chi connectivity index (χ0v) is 18.3. The number of hydrogen-bond acceptors (Lipinski definition) is 4. The summed E-state index contributed by atoms with van der Waals surface area (Å²) in [6, 6.07) is 6.69. The normalized spacial score (nSPS) is 18.0. The molecule has 0 aromatic heterocycles. The highest BCUT2D eigenvalue weighted by Crippen LogP contribution is 2.25. The molecule has 1 atom stereocenters. The standard InChI is InChI=1S/C19H30ClN3O3S/c1-15(19(2,3)4)21(5)14-18(24)22-10-12-23(13-11-22)27(25,26)17-9-7-6-8-16(17)20/h6-9,15H,10-14H2,1-5H3. The van der Waals surface area contributed by atoms with Crippen molar-refractivity contribution in [3.63, 3.8) is 0 Å². The summed E-state index contributed by atoms with van der Waals surface area (Å²) in [5, 5.41) is 0.216. The molecule has 0 spiro atoms. The van der Waals surface area contributed by atoms with Gasteiger partial charge < -0.3 is 4.90 Å². The average molecular weight is 416 g/mol. The van der Waals surface area contributed by atoms with Gasteiger partial charge in [-0.3, -0.25) is 9.69 Å². The lowest BCUT2D eigenvalue weighted by molar-refractivity contribution is -0.134. The first kappa shape index (κ1) is 22.1. The molecule has 8 heteroatoms. The molecule has 0 bridgehead atoms. The molecule has 152 valence electrons. The molecular weight excluding hydrogens is 386 g/mol. The van der Waals surface area contributed by atoms with Crippen LogP contribution in [-0.2, 0) is 14.8 Å². The van der Waals surface area contributed by atoms with Gasteiger partial charge in [0.25, 0.3) is 0 Å². The van der Waals surface area contributed by atoms with Gasteiger partial charge in [-0.1, -0.05) is 44.5 Å². The Morgan fingerprint density at radius 2 is 1.74 bits per heavy atom. The molecule has 1 heterocycles. The van der Waals surface area contributed by atoms with Crippen LogP contribution in [0.1, 0.15) is 27.7 Å². The van der Waals surface area contributed by atoms with Gasteiger partial charge in [-0.05, 0) is 31.5 Å². The first-order chi connectivity index (χ1) is 12.4. The third-order valence-corrected chi connectivity index (χ3v) is 7.74. The highest BCUT2D eigenvalue weighted by Gasteiger charge is 2.32. The van der Waals surface area contributed by atoms with Gasteiger partial charge >= 0.3 is 0 Å². The Bertz CT molecular complexity index is 769. The smallest absolute Gasteiger partial charge is 0.244 e. The van der Waals surface area contributed by atoms with Crippen LogP contribution in [0, 0.1) is 5.41 Å². The molecule has 1 saturated heterocycles. The van der Waals surface area contributed by atoms with Gasteiger partial charge in [-0.15, -0.1) is 0 Å². The molecule has 0 radical (unpaired) electrons. The quantitative estimate of drug-likeness (QED) is 0.741. The summed E-state index contributed by atoms with van der Waals surface area (Å²) < 4.78 is 27.0. The molecule has 6 nitrogen and oxygen atoms in total. The summed E-state index contributed by atoms with van der Waals surface area (Å²) in [4.78, 5) is 16.5. The van der Waals surface area contributed by atoms with E-state index in [1.807, 2.05) is 7.05 Å². The summed E-state index contributed by atoms with van der Waals surface area (Å²) in [6.07, 6.45) is 0. The summed E-state index contributed by atoms with van der Waals surface area (Å²) >= 11 is 6.05. The zero-order chi connectivity index (χ0) is 20.4. The number of amides is 1. The van der Waals surface area contributed by atoms with Crippen molar-refractivity contribution in [1.82, 2.24) is 14.1 Å². The maximum atomic E-state index is 12.8. The van der Waals surface area contributed by atoms with Crippen LogP contribution in [0.2, 0.25) is 5.02 Å². The van der Waals surface area contributed by atoms with Gasteiger partial charge in [-0.25, -0.2) is 8.42 Å². The molecule has 0 saturated carbocycles. The van der Waals surface area contributed by atoms with Crippen LogP contribution in [0.5, 0.6) is 0 Å². The lowest BCUT2D eigenvalue weighted by atomic mass is 9.87. The van der Waals surface area contributed by atoms with E-state index in [1.165, 1.54) is 10.4 Å². The van der Waals surface area contributed by atoms with E-state index in [2.05, 4.69) is 32.6 Å². The van der Waals surface area contributed by atoms with Crippen molar-refractivity contribution in [2.75, 3.05) is 39.8 Å². The lowest BCUT2D eigenvalue weighted by Gasteiger charge is -2.38. The van der Waals surface area contributed by atoms with Gasteiger partial charge in [0.1, 0.15) is 4.90 Å². The van der Waals surface area contributed by atoms with E-state index in [0.717, 1.165) is 0 Å². The molecule has 1 aliphatic heterocycles. The first-order valence-corrected chi connectivity index (χ1v) is 11.0. The Labute approximate surface area is 168 Å². The minimum absolute atomic E-state index is 0.0309. The number of sulfonamides is 1. The highest BCUT2D eigenvalue weighted by molar-refractivity contribution is 7.89. The van der Waals surface area contributed by atoms with Crippen molar-refractivity contribution < 1.29 is 13.2 Å². The van der Waals surface area contributed by atoms with Crippen LogP contribution >= 0.6 is 11.6 Å². The fraction of sp³-hybridized carbons (Fsp3) is 0.632. The molecule has 1 aromatic carbocycles. The van der Waals surface area contributed by atoms with Crippen molar-refractivity contribution >= 4 is 27.5 Å². The van der Waals surface area contributed by atoms with Crippen LogP contribution in [0.4, 0.5) is 0 Å². The van der Waals surface area contributed by atoms with E-state index < -0.39 is 10.0 Å². The molecule has 1 amide bonds. The molecular formula is C19H30ClN3O3S. The number of nitrogens with zero attached hydrogens (tertiary/aromatic N) is 3. The Morgan fingerprint density at radius 3 is 2.26 bits per heavy atom. The largest absolute Gasteiger partial charge is 0.339 e. The van der Waals surface area contributed by atoms with Crippen molar-refractivity contribution in [3.8, 4) is 0 Å². The predicted molar refractivity (Wildman–Crippen MR) is 108 cm³/mol. The summed E-state index contributed by atoms with van der Waals surface area (Å²) in [6.45, 7) is 10.2. The Balaban J connectivity index is 1.97. The second kappa shape index (κ2) is 8.47. The van der Waals surface area contributed by atoms with Gasteiger partial charge in [0, 0.05) is 32.2 Å². The molecule has 1 unspecified atom stereocenters. The fourth-order valence-electron chi connectivity index (χ4n) is 3.08. The third kappa shape index (κ3) is 5.22. The van der Waals surface area contributed by atoms with Crippen molar-refractivity contribution in [2.24, 2.45) is 5.41 Å². The van der Waals surface area contributed by atoms with E-state index >= 15 is 0 Å². The van der Waals surface area contributed by atoms with E-state index in [9.17, 15) is 13.2 Å². The molecule has 0 N–H and O–H groups in total. The summed E-state index contributed by atoms with van der Waals surface area (Å²) in [5.74, 6) is 0.0309. The number of benzene rings is 1. The number of piperazine rings is 1. The Kier molecular flexibility index (Phi) is 6.95. The number of hydrogen-bond donors (Lipinski definition) is 0. The summed E-state index contributed by atoms with van der Waals surface area (Å²) in [7, 11) is -1.69. The van der Waals surface area contributed by atoms with Crippen LogP contribution < -0.4 is 0 Å². The van der Waals surface area contributed by atoms with Crippen molar-refractivity contribution in [1.29, 1.82) is 0 Å². The highest BCUT2D eigenvalue weighted by atomic mass is 35.5. The topological polar surface area (TPSA) is 60.9 Å². The van der Waals surface area contributed by atoms with Crippen LogP contribution in [0.25, 0.3) is 0 Å². The third-order valence-electron chi connectivity index (χ3n) is 5.34. The van der Waals surface area contributed by atoms with Gasteiger partial charge in [0.05, 0.1) is 11.6 Å². The molecule has 27 heavy (non-hydrogen) atoms. The Hall–Kier alpha value is -1.15. The predicted octanol–water partition coefficient (Wildman–Crippen LogP) is 2.54. The van der Waals surface area contributed by atoms with E-state index in [4.69, 9.17) is 11.6 Å². The Morgan fingerprint density at radius 1 is 1.19 bits per heavy atom. The molecule has 1 aliphatic rings. The minimum atomic E-state index is -3.64. The molecule has 0 aliphatic carbocycles. The zero-order valence-electron chi connectivity index (χ0n) is 16.8. The van der Waals surface area contributed by atoms with Gasteiger partial charge in [0.15, 0.2) is 0 Å². The number of carbonyl (C=O) groups is 1. The van der Waals surface area contributed by atoms with Crippen molar-refractivity contribution in [3.05, 3.63) is 29.3 Å². The molecule has 1 aromatic rings. The second-order valence-corrected chi connectivity index (χ2v) is 10.5. The number of rotatable bonds is 5. The number of carbonyl (C=O) groups excluding carboxylic acids is 1. The van der Waals surface area contributed by atoms with Crippen LogP contribution in [0.3, 0.4) is 0 Å². The maximum Gasteiger partial charge on any atom is 0.244 e. The molecule has 1 fully saturated rings. The maximum absolute atomic E-state index is 12.8. The van der Waals surface area contributed by atoms with Gasteiger partial charge in [-0.2, -0.15) is 4.31 Å². The van der Waals surface area contributed by atoms with E-state index in [-0.39, 0.29) is 40.4 Å². The SMILES string of the molecule is CC(N(C)CC(=O)N1CCN(S(=O)(=O)c2ccccc2Cl)CC1)C(C)(C)C. The first-order valence-electron chi connectivity index (χ1n) is 9.17. The van der Waals surface area contributed by atoms with Crippen LogP contribution in [0.15, 0.2) is 29.2 Å². The lowest BCUT2D eigenvalue weighted by Crippen LogP contribution is -2.53. The minimum Gasteiger partial charge on any atom is -0.339 e. The summed E-state index contributed by atoms with van der Waals surface area (Å²) in [5.41, 5.74) is 0.0801. The average Bonchev–Trinajstić information content (AvgIpc) is 2.60. The number of likely N-dealkylation sites (N-methyl/N-ethyl adjacent to an activating group) is 1. The second-order valence-electron chi connectivity index (χ2n) is 8.17. The number of halogens is 1. The van der Waals surface area contributed by atoms with Crippen molar-refractivity contribution in [2.45, 2.75) is 38.6 Å². The monoisotopic (exact) mass is 415 g/mol. The van der Waals surface area contributed by atoms with Gasteiger partial charge in [0.2, 0.25) is 15.9 Å².